The molecule has 0 aliphatic heterocycles. The van der Waals surface area contributed by atoms with Crippen molar-refractivity contribution in [2.45, 2.75) is 17.9 Å². The number of aromatic nitrogens is 2. The Labute approximate surface area is 124 Å². The van der Waals surface area contributed by atoms with Crippen molar-refractivity contribution in [1.82, 2.24) is 14.3 Å². The maximum Gasteiger partial charge on any atom is 0.240 e. The van der Waals surface area contributed by atoms with Crippen LogP contribution in [0.3, 0.4) is 0 Å². The van der Waals surface area contributed by atoms with E-state index in [4.69, 9.17) is 5.73 Å². The fourth-order valence-electron chi connectivity index (χ4n) is 1.89. The number of nitrogen functional groups attached to an aromatic ring is 1. The minimum absolute atomic E-state index is 0.159. The number of imidazole rings is 1. The van der Waals surface area contributed by atoms with Gasteiger partial charge in [0, 0.05) is 25.5 Å². The lowest BCUT2D eigenvalue weighted by Crippen LogP contribution is -2.19. The number of sulfonamides is 1. The molecule has 21 heavy (non-hydrogen) atoms. The Morgan fingerprint density at radius 1 is 1.38 bits per heavy atom. The van der Waals surface area contributed by atoms with E-state index >= 15 is 0 Å². The van der Waals surface area contributed by atoms with Gasteiger partial charge in [0.15, 0.2) is 0 Å². The summed E-state index contributed by atoms with van der Waals surface area (Å²) in [4.78, 5) is 4.13. The molecule has 0 atom stereocenters. The fourth-order valence-corrected chi connectivity index (χ4v) is 2.66. The molecule has 1 heterocycles. The highest BCUT2D eigenvalue weighted by molar-refractivity contribution is 7.89. The highest BCUT2D eigenvalue weighted by atomic mass is 32.2. The van der Waals surface area contributed by atoms with Crippen LogP contribution in [0.25, 0.3) is 0 Å². The topological polar surface area (TPSA) is 102 Å². The van der Waals surface area contributed by atoms with Crippen molar-refractivity contribution in [3.05, 3.63) is 36.9 Å². The quantitative estimate of drug-likeness (QED) is 0.520. The largest absolute Gasteiger partial charge is 0.397 e. The summed E-state index contributed by atoms with van der Waals surface area (Å²) in [6.45, 7) is 1.60. The fraction of sp³-hybridized carbons (Fsp3) is 0.308. The molecular weight excluding hydrogens is 290 g/mol. The molecule has 114 valence electrons. The zero-order chi connectivity index (χ0) is 15.3. The monoisotopic (exact) mass is 309 g/mol. The van der Waals surface area contributed by atoms with Crippen LogP contribution < -0.4 is 15.8 Å². The number of rotatable bonds is 7. The highest BCUT2D eigenvalue weighted by Crippen LogP contribution is 2.22. The average molecular weight is 309 g/mol. The molecule has 0 unspecified atom stereocenters. The average Bonchev–Trinajstić information content (AvgIpc) is 2.98. The van der Waals surface area contributed by atoms with Gasteiger partial charge in [-0.25, -0.2) is 18.1 Å². The van der Waals surface area contributed by atoms with E-state index in [1.807, 2.05) is 10.8 Å². The molecule has 0 saturated heterocycles. The molecule has 2 rings (SSSR count). The Hall–Kier alpha value is -2.06. The molecular formula is C13H19N5O2S. The van der Waals surface area contributed by atoms with Crippen LogP contribution in [0.4, 0.5) is 11.4 Å². The van der Waals surface area contributed by atoms with Gasteiger partial charge in [0.1, 0.15) is 0 Å². The van der Waals surface area contributed by atoms with Gasteiger partial charge in [-0.2, -0.15) is 0 Å². The van der Waals surface area contributed by atoms with Crippen molar-refractivity contribution in [3.63, 3.8) is 0 Å². The molecule has 0 aliphatic rings. The van der Waals surface area contributed by atoms with Gasteiger partial charge in [0.05, 0.1) is 22.6 Å². The second kappa shape index (κ2) is 6.59. The Morgan fingerprint density at radius 3 is 2.81 bits per heavy atom. The van der Waals surface area contributed by atoms with Gasteiger partial charge < -0.3 is 15.6 Å². The minimum Gasteiger partial charge on any atom is -0.397 e. The van der Waals surface area contributed by atoms with E-state index < -0.39 is 10.0 Å². The summed E-state index contributed by atoms with van der Waals surface area (Å²) in [5.41, 5.74) is 7.02. The number of hydrogen-bond acceptors (Lipinski definition) is 5. The molecule has 0 fully saturated rings. The van der Waals surface area contributed by atoms with Crippen LogP contribution in [-0.4, -0.2) is 31.6 Å². The molecule has 0 amide bonds. The smallest absolute Gasteiger partial charge is 0.240 e. The Balaban J connectivity index is 1.92. The summed E-state index contributed by atoms with van der Waals surface area (Å²) in [6.07, 6.45) is 6.33. The van der Waals surface area contributed by atoms with Gasteiger partial charge in [0.25, 0.3) is 0 Å². The van der Waals surface area contributed by atoms with Crippen LogP contribution in [-0.2, 0) is 16.6 Å². The van der Waals surface area contributed by atoms with E-state index in [2.05, 4.69) is 15.0 Å². The summed E-state index contributed by atoms with van der Waals surface area (Å²) in [6, 6.07) is 4.65. The number of anilines is 2. The zero-order valence-corrected chi connectivity index (χ0v) is 12.6. The highest BCUT2D eigenvalue weighted by Gasteiger charge is 2.12. The third-order valence-corrected chi connectivity index (χ3v) is 4.48. The molecule has 0 aliphatic carbocycles. The number of nitrogens with two attached hydrogens (primary N) is 1. The van der Waals surface area contributed by atoms with E-state index in [1.165, 1.54) is 19.2 Å². The maximum absolute atomic E-state index is 11.7. The zero-order valence-electron chi connectivity index (χ0n) is 11.8. The summed E-state index contributed by atoms with van der Waals surface area (Å²) in [5.74, 6) is 0. The summed E-state index contributed by atoms with van der Waals surface area (Å²) in [5, 5.41) is 3.20. The lowest BCUT2D eigenvalue weighted by Gasteiger charge is -2.11. The molecule has 0 saturated carbocycles. The third-order valence-electron chi connectivity index (χ3n) is 3.07. The van der Waals surface area contributed by atoms with Crippen molar-refractivity contribution in [2.24, 2.45) is 0 Å². The van der Waals surface area contributed by atoms with Gasteiger partial charge >= 0.3 is 0 Å². The molecule has 4 N–H and O–H groups in total. The van der Waals surface area contributed by atoms with E-state index in [9.17, 15) is 8.42 Å². The minimum atomic E-state index is -3.46. The summed E-state index contributed by atoms with van der Waals surface area (Å²) >= 11 is 0. The van der Waals surface area contributed by atoms with Gasteiger partial charge in [-0.05, 0) is 31.7 Å². The molecule has 0 bridgehead atoms. The van der Waals surface area contributed by atoms with Crippen LogP contribution in [0.2, 0.25) is 0 Å². The van der Waals surface area contributed by atoms with Crippen molar-refractivity contribution in [3.8, 4) is 0 Å². The normalized spacial score (nSPS) is 11.5. The van der Waals surface area contributed by atoms with Crippen molar-refractivity contribution in [2.75, 3.05) is 24.6 Å². The second-order valence-electron chi connectivity index (χ2n) is 4.54. The molecule has 0 radical (unpaired) electrons. The Bertz CT molecular complexity index is 683. The van der Waals surface area contributed by atoms with Crippen molar-refractivity contribution >= 4 is 21.4 Å². The molecule has 1 aromatic carbocycles. The SMILES string of the molecule is CNS(=O)(=O)c1ccc(NCCCn2ccnc2)c(N)c1. The molecule has 1 aromatic heterocycles. The second-order valence-corrected chi connectivity index (χ2v) is 6.42. The summed E-state index contributed by atoms with van der Waals surface area (Å²) in [7, 11) is -2.09. The van der Waals surface area contributed by atoms with Gasteiger partial charge in [0.2, 0.25) is 10.0 Å². The maximum atomic E-state index is 11.7. The molecule has 0 spiro atoms. The van der Waals surface area contributed by atoms with Gasteiger partial charge in [-0.1, -0.05) is 0 Å². The number of hydrogen-bond donors (Lipinski definition) is 3. The predicted octanol–water partition coefficient (Wildman–Crippen LogP) is 0.876. The summed E-state index contributed by atoms with van der Waals surface area (Å²) < 4.78 is 27.6. The molecule has 7 nitrogen and oxygen atoms in total. The first-order chi connectivity index (χ1) is 10.0. The number of nitrogens with one attached hydrogen (secondary N) is 2. The van der Waals surface area contributed by atoms with E-state index in [-0.39, 0.29) is 4.90 Å². The van der Waals surface area contributed by atoms with Crippen LogP contribution in [0.5, 0.6) is 0 Å². The standard InChI is InChI=1S/C13H19N5O2S/c1-15-21(19,20)11-3-4-13(12(14)9-11)17-5-2-7-18-8-6-16-10-18/h3-4,6,8-10,15,17H,2,5,7,14H2,1H3. The molecule has 8 heteroatoms. The first-order valence-electron chi connectivity index (χ1n) is 6.55. The Kier molecular flexibility index (Phi) is 4.81. The van der Waals surface area contributed by atoms with E-state index in [1.54, 1.807) is 18.6 Å². The number of benzene rings is 1. The van der Waals surface area contributed by atoms with E-state index in [0.717, 1.165) is 25.2 Å². The van der Waals surface area contributed by atoms with Gasteiger partial charge in [-0.3, -0.25) is 0 Å². The van der Waals surface area contributed by atoms with Crippen molar-refractivity contribution < 1.29 is 8.42 Å². The first kappa shape index (κ1) is 15.3. The first-order valence-corrected chi connectivity index (χ1v) is 8.04. The number of aryl methyl sites for hydroxylation is 1. The lowest BCUT2D eigenvalue weighted by atomic mass is 10.2. The number of nitrogens with zero attached hydrogens (tertiary/aromatic N) is 2. The van der Waals surface area contributed by atoms with Crippen LogP contribution in [0.1, 0.15) is 6.42 Å². The van der Waals surface area contributed by atoms with Crippen LogP contribution >= 0.6 is 0 Å². The Morgan fingerprint density at radius 2 is 2.19 bits per heavy atom. The molecule has 2 aromatic rings. The predicted molar refractivity (Wildman–Crippen MR) is 82.4 cm³/mol. The van der Waals surface area contributed by atoms with Gasteiger partial charge in [-0.15, -0.1) is 0 Å². The van der Waals surface area contributed by atoms with Crippen LogP contribution in [0, 0.1) is 0 Å². The van der Waals surface area contributed by atoms with Crippen LogP contribution in [0.15, 0.2) is 41.8 Å². The lowest BCUT2D eigenvalue weighted by molar-refractivity contribution is 0.588. The third kappa shape index (κ3) is 3.96. The van der Waals surface area contributed by atoms with Crippen molar-refractivity contribution in [1.29, 1.82) is 0 Å². The van der Waals surface area contributed by atoms with E-state index in [0.29, 0.717) is 5.69 Å².